The Morgan fingerprint density at radius 2 is 2.21 bits per heavy atom. The summed E-state index contributed by atoms with van der Waals surface area (Å²) in [4.78, 5) is 21.1. The van der Waals surface area contributed by atoms with Crippen molar-refractivity contribution in [1.29, 1.82) is 0 Å². The van der Waals surface area contributed by atoms with Crippen molar-refractivity contribution >= 4 is 40.1 Å². The molecule has 0 aliphatic heterocycles. The van der Waals surface area contributed by atoms with Crippen LogP contribution in [0.3, 0.4) is 0 Å². The molecule has 1 saturated carbocycles. The van der Waals surface area contributed by atoms with Crippen LogP contribution in [0, 0.1) is 0 Å². The third-order valence-corrected chi connectivity index (χ3v) is 5.33. The van der Waals surface area contributed by atoms with Gasteiger partial charge in [-0.3, -0.25) is 4.79 Å². The van der Waals surface area contributed by atoms with Gasteiger partial charge in [-0.05, 0) is 31.1 Å². The summed E-state index contributed by atoms with van der Waals surface area (Å²) in [6.45, 7) is 0. The van der Waals surface area contributed by atoms with Gasteiger partial charge in [0, 0.05) is 22.6 Å². The second-order valence-electron chi connectivity index (χ2n) is 5.96. The molecular formula is C18H16N2O3S. The van der Waals surface area contributed by atoms with Crippen molar-refractivity contribution in [2.24, 2.45) is 0 Å². The SMILES string of the molecule is O=C(O)CC(=Cc1cnc(C2CCC2)s1)c1nc2ccccc2o1. The van der Waals surface area contributed by atoms with E-state index in [0.717, 1.165) is 15.4 Å². The van der Waals surface area contributed by atoms with Gasteiger partial charge in [0.2, 0.25) is 5.89 Å². The molecule has 0 spiro atoms. The molecule has 0 saturated heterocycles. The van der Waals surface area contributed by atoms with E-state index >= 15 is 0 Å². The predicted octanol–water partition coefficient (Wildman–Crippen LogP) is 4.57. The number of oxazole rings is 1. The van der Waals surface area contributed by atoms with Crippen LogP contribution >= 0.6 is 11.3 Å². The average molecular weight is 340 g/mol. The Hall–Kier alpha value is -2.47. The van der Waals surface area contributed by atoms with Gasteiger partial charge in [0.05, 0.1) is 11.4 Å². The highest BCUT2D eigenvalue weighted by Crippen LogP contribution is 2.39. The summed E-state index contributed by atoms with van der Waals surface area (Å²) in [5.41, 5.74) is 1.94. The normalized spacial score (nSPS) is 15.6. The zero-order valence-electron chi connectivity index (χ0n) is 12.9. The predicted molar refractivity (Wildman–Crippen MR) is 92.8 cm³/mol. The Bertz CT molecular complexity index is 888. The first-order valence-corrected chi connectivity index (χ1v) is 8.75. The van der Waals surface area contributed by atoms with Crippen LogP contribution in [0.1, 0.15) is 47.4 Å². The number of nitrogens with zero attached hydrogens (tertiary/aromatic N) is 2. The molecule has 2 heterocycles. The zero-order valence-corrected chi connectivity index (χ0v) is 13.8. The Morgan fingerprint density at radius 3 is 2.92 bits per heavy atom. The lowest BCUT2D eigenvalue weighted by Gasteiger charge is -2.22. The minimum atomic E-state index is -0.910. The molecule has 0 radical (unpaired) electrons. The molecule has 0 unspecified atom stereocenters. The van der Waals surface area contributed by atoms with Gasteiger partial charge in [0.25, 0.3) is 0 Å². The number of benzene rings is 1. The van der Waals surface area contributed by atoms with E-state index in [1.807, 2.05) is 36.5 Å². The summed E-state index contributed by atoms with van der Waals surface area (Å²) in [6, 6.07) is 7.42. The number of carboxylic acids is 1. The monoisotopic (exact) mass is 340 g/mol. The highest BCUT2D eigenvalue weighted by molar-refractivity contribution is 7.12. The maximum atomic E-state index is 11.2. The zero-order chi connectivity index (χ0) is 16.5. The van der Waals surface area contributed by atoms with Crippen molar-refractivity contribution in [3.63, 3.8) is 0 Å². The molecule has 24 heavy (non-hydrogen) atoms. The fourth-order valence-electron chi connectivity index (χ4n) is 2.74. The molecule has 1 aromatic carbocycles. The maximum absolute atomic E-state index is 11.2. The average Bonchev–Trinajstić information content (AvgIpc) is 3.11. The van der Waals surface area contributed by atoms with E-state index in [1.165, 1.54) is 19.3 Å². The fraction of sp³-hybridized carbons (Fsp3) is 0.278. The van der Waals surface area contributed by atoms with Crippen LogP contribution in [-0.4, -0.2) is 21.0 Å². The second-order valence-corrected chi connectivity index (χ2v) is 7.05. The van der Waals surface area contributed by atoms with Gasteiger partial charge in [-0.1, -0.05) is 18.6 Å². The van der Waals surface area contributed by atoms with E-state index in [1.54, 1.807) is 11.3 Å². The molecule has 1 aliphatic carbocycles. The molecule has 5 nitrogen and oxygen atoms in total. The highest BCUT2D eigenvalue weighted by Gasteiger charge is 2.22. The lowest BCUT2D eigenvalue weighted by Crippen LogP contribution is -2.07. The number of carbonyl (C=O) groups is 1. The Balaban J connectivity index is 1.69. The molecular weight excluding hydrogens is 324 g/mol. The first-order chi connectivity index (χ1) is 11.7. The van der Waals surface area contributed by atoms with Gasteiger partial charge >= 0.3 is 5.97 Å². The smallest absolute Gasteiger partial charge is 0.308 e. The lowest BCUT2D eigenvalue weighted by molar-refractivity contribution is -0.135. The number of carboxylic acid groups (broad SMARTS) is 1. The lowest BCUT2D eigenvalue weighted by atomic mass is 9.86. The third kappa shape index (κ3) is 2.97. The number of aliphatic carboxylic acids is 1. The largest absolute Gasteiger partial charge is 0.481 e. The van der Waals surface area contributed by atoms with Gasteiger partial charge in [0.15, 0.2) is 5.58 Å². The Kier molecular flexibility index (Phi) is 3.90. The van der Waals surface area contributed by atoms with Gasteiger partial charge in [-0.15, -0.1) is 11.3 Å². The molecule has 1 N–H and O–H groups in total. The summed E-state index contributed by atoms with van der Waals surface area (Å²) in [7, 11) is 0. The van der Waals surface area contributed by atoms with Crippen LogP contribution in [0.2, 0.25) is 0 Å². The number of hydrogen-bond acceptors (Lipinski definition) is 5. The number of aromatic nitrogens is 2. The summed E-state index contributed by atoms with van der Waals surface area (Å²) >= 11 is 1.62. The van der Waals surface area contributed by atoms with Crippen LogP contribution in [0.25, 0.3) is 22.7 Å². The van der Waals surface area contributed by atoms with E-state index in [4.69, 9.17) is 4.42 Å². The Labute approximate surface area is 142 Å². The number of hydrogen-bond donors (Lipinski definition) is 1. The molecule has 6 heteroatoms. The van der Waals surface area contributed by atoms with Crippen molar-refractivity contribution < 1.29 is 14.3 Å². The minimum absolute atomic E-state index is 0.135. The van der Waals surface area contributed by atoms with Crippen LogP contribution in [0.4, 0.5) is 0 Å². The van der Waals surface area contributed by atoms with Crippen molar-refractivity contribution in [2.45, 2.75) is 31.6 Å². The standard InChI is InChI=1S/C18H16N2O3S/c21-16(22)9-12(17-20-14-6-1-2-7-15(14)23-17)8-13-10-19-18(24-13)11-4-3-5-11/h1-2,6-8,10-11H,3-5,9H2,(H,21,22). The number of para-hydroxylation sites is 2. The molecule has 2 aromatic heterocycles. The third-order valence-electron chi connectivity index (χ3n) is 4.22. The molecule has 0 bridgehead atoms. The molecule has 1 aliphatic rings. The molecule has 0 amide bonds. The van der Waals surface area contributed by atoms with E-state index in [-0.39, 0.29) is 6.42 Å². The highest BCUT2D eigenvalue weighted by atomic mass is 32.1. The van der Waals surface area contributed by atoms with Gasteiger partial charge in [0.1, 0.15) is 5.52 Å². The van der Waals surface area contributed by atoms with Crippen LogP contribution in [0.5, 0.6) is 0 Å². The van der Waals surface area contributed by atoms with Crippen LogP contribution in [-0.2, 0) is 4.79 Å². The molecule has 4 rings (SSSR count). The van der Waals surface area contributed by atoms with Gasteiger partial charge in [-0.25, -0.2) is 9.97 Å². The Morgan fingerprint density at radius 1 is 1.38 bits per heavy atom. The van der Waals surface area contributed by atoms with Gasteiger partial charge < -0.3 is 9.52 Å². The topological polar surface area (TPSA) is 76.2 Å². The van der Waals surface area contributed by atoms with Crippen molar-refractivity contribution in [3.8, 4) is 0 Å². The van der Waals surface area contributed by atoms with Crippen molar-refractivity contribution in [2.75, 3.05) is 0 Å². The summed E-state index contributed by atoms with van der Waals surface area (Å²) in [5, 5.41) is 10.4. The molecule has 1 fully saturated rings. The van der Waals surface area contributed by atoms with Gasteiger partial charge in [-0.2, -0.15) is 0 Å². The maximum Gasteiger partial charge on any atom is 0.308 e. The van der Waals surface area contributed by atoms with E-state index in [2.05, 4.69) is 9.97 Å². The van der Waals surface area contributed by atoms with Crippen molar-refractivity contribution in [1.82, 2.24) is 9.97 Å². The molecule has 3 aromatic rings. The summed E-state index contributed by atoms with van der Waals surface area (Å²) in [5.74, 6) is 0.0221. The summed E-state index contributed by atoms with van der Waals surface area (Å²) < 4.78 is 5.73. The quantitative estimate of drug-likeness (QED) is 0.736. The first kappa shape index (κ1) is 15.1. The first-order valence-electron chi connectivity index (χ1n) is 7.93. The minimum Gasteiger partial charge on any atom is -0.481 e. The van der Waals surface area contributed by atoms with E-state index in [0.29, 0.717) is 23.0 Å². The van der Waals surface area contributed by atoms with Crippen LogP contribution in [0.15, 0.2) is 34.9 Å². The summed E-state index contributed by atoms with van der Waals surface area (Å²) in [6.07, 6.45) is 7.17. The number of thiazole rings is 1. The number of fused-ring (bicyclic) bond motifs is 1. The number of rotatable bonds is 5. The molecule has 0 atom stereocenters. The van der Waals surface area contributed by atoms with E-state index < -0.39 is 5.97 Å². The molecule has 122 valence electrons. The fourth-order valence-corrected chi connectivity index (χ4v) is 3.80. The second kappa shape index (κ2) is 6.20. The van der Waals surface area contributed by atoms with Crippen LogP contribution < -0.4 is 0 Å². The van der Waals surface area contributed by atoms with E-state index in [9.17, 15) is 9.90 Å². The van der Waals surface area contributed by atoms with Crippen molar-refractivity contribution in [3.05, 3.63) is 46.2 Å².